The van der Waals surface area contributed by atoms with Gasteiger partial charge < -0.3 is 9.64 Å². The second-order valence-electron chi connectivity index (χ2n) is 6.42. The van der Waals surface area contributed by atoms with Crippen molar-refractivity contribution in [3.05, 3.63) is 52.8 Å². The van der Waals surface area contributed by atoms with E-state index < -0.39 is 6.10 Å². The first-order valence-electron chi connectivity index (χ1n) is 8.43. The van der Waals surface area contributed by atoms with E-state index in [2.05, 4.69) is 12.0 Å². The van der Waals surface area contributed by atoms with Crippen LogP contribution in [-0.4, -0.2) is 34.2 Å². The van der Waals surface area contributed by atoms with Gasteiger partial charge in [0.2, 0.25) is 0 Å². The number of aryl methyl sites for hydroxylation is 2. The van der Waals surface area contributed by atoms with Gasteiger partial charge in [0, 0.05) is 32.0 Å². The van der Waals surface area contributed by atoms with Crippen LogP contribution in [-0.2, 0) is 16.6 Å². The lowest BCUT2D eigenvalue weighted by molar-refractivity contribution is -0.143. The van der Waals surface area contributed by atoms with Crippen LogP contribution in [0.3, 0.4) is 0 Å². The van der Waals surface area contributed by atoms with Crippen LogP contribution in [0.2, 0.25) is 0 Å². The number of ether oxygens (including phenoxy) is 1. The highest BCUT2D eigenvalue weighted by molar-refractivity contribution is 5.83. The van der Waals surface area contributed by atoms with Crippen molar-refractivity contribution in [1.29, 1.82) is 0 Å². The third kappa shape index (κ3) is 2.84. The molecule has 0 saturated carbocycles. The Kier molecular flexibility index (Phi) is 4.71. The van der Waals surface area contributed by atoms with Crippen LogP contribution in [0.5, 0.6) is 0 Å². The number of likely N-dealkylation sites (tertiary alicyclic amines) is 1. The smallest absolute Gasteiger partial charge is 0.256 e. The Balaban J connectivity index is 1.91. The van der Waals surface area contributed by atoms with E-state index in [-0.39, 0.29) is 11.9 Å². The first-order valence-corrected chi connectivity index (χ1v) is 8.43. The lowest BCUT2D eigenvalue weighted by Gasteiger charge is -2.29. The van der Waals surface area contributed by atoms with Gasteiger partial charge in [-0.25, -0.2) is 0 Å². The molecule has 2 atom stereocenters. The van der Waals surface area contributed by atoms with Gasteiger partial charge in [-0.15, -0.1) is 0 Å². The van der Waals surface area contributed by atoms with Gasteiger partial charge in [0.05, 0.1) is 11.7 Å². The minimum absolute atomic E-state index is 0.0360. The Morgan fingerprint density at radius 2 is 2.00 bits per heavy atom. The summed E-state index contributed by atoms with van der Waals surface area (Å²) in [6.07, 6.45) is 1.43. The highest BCUT2D eigenvalue weighted by atomic mass is 16.5. The van der Waals surface area contributed by atoms with Gasteiger partial charge in [0.25, 0.3) is 5.91 Å². The van der Waals surface area contributed by atoms with Crippen LogP contribution < -0.4 is 0 Å². The summed E-state index contributed by atoms with van der Waals surface area (Å²) in [5.74, 6) is 0.0360. The molecule has 1 amide bonds. The molecule has 0 spiro atoms. The zero-order chi connectivity index (χ0) is 17.3. The minimum Gasteiger partial charge on any atom is -0.367 e. The maximum Gasteiger partial charge on any atom is 0.256 e. The van der Waals surface area contributed by atoms with E-state index in [1.807, 2.05) is 53.9 Å². The van der Waals surface area contributed by atoms with Gasteiger partial charge in [-0.05, 0) is 32.3 Å². The molecule has 2 heterocycles. The zero-order valence-corrected chi connectivity index (χ0v) is 14.8. The lowest BCUT2D eigenvalue weighted by Crippen LogP contribution is -2.35. The Labute approximate surface area is 143 Å². The molecule has 1 fully saturated rings. The van der Waals surface area contributed by atoms with Crippen molar-refractivity contribution in [1.82, 2.24) is 14.7 Å². The molecule has 2 aromatic rings. The van der Waals surface area contributed by atoms with Gasteiger partial charge in [-0.3, -0.25) is 9.48 Å². The number of benzene rings is 1. The first kappa shape index (κ1) is 16.7. The van der Waals surface area contributed by atoms with Crippen molar-refractivity contribution in [2.75, 3.05) is 13.7 Å². The third-order valence-corrected chi connectivity index (χ3v) is 5.00. The molecule has 1 saturated heterocycles. The first-order chi connectivity index (χ1) is 11.5. The van der Waals surface area contributed by atoms with Crippen LogP contribution in [0.15, 0.2) is 30.3 Å². The number of hydrogen-bond donors (Lipinski definition) is 0. The lowest BCUT2D eigenvalue weighted by atomic mass is 10.0. The van der Waals surface area contributed by atoms with Crippen molar-refractivity contribution >= 4 is 5.91 Å². The Hall–Kier alpha value is -2.14. The average Bonchev–Trinajstić information content (AvgIpc) is 3.14. The van der Waals surface area contributed by atoms with E-state index >= 15 is 0 Å². The second kappa shape index (κ2) is 6.77. The monoisotopic (exact) mass is 327 g/mol. The fourth-order valence-corrected chi connectivity index (χ4v) is 3.76. The summed E-state index contributed by atoms with van der Waals surface area (Å²) in [4.78, 5) is 15.1. The maximum absolute atomic E-state index is 13.2. The molecule has 0 N–H and O–H groups in total. The minimum atomic E-state index is -0.552. The summed E-state index contributed by atoms with van der Waals surface area (Å²) in [6, 6.07) is 9.79. The molecule has 2 unspecified atom stereocenters. The topological polar surface area (TPSA) is 47.4 Å². The number of nitrogens with zero attached hydrogens (tertiary/aromatic N) is 3. The number of hydrogen-bond acceptors (Lipinski definition) is 3. The van der Waals surface area contributed by atoms with Crippen LogP contribution in [0.4, 0.5) is 0 Å². The van der Waals surface area contributed by atoms with Crippen LogP contribution in [0.1, 0.15) is 47.5 Å². The van der Waals surface area contributed by atoms with Crippen molar-refractivity contribution < 1.29 is 9.53 Å². The van der Waals surface area contributed by atoms with Gasteiger partial charge >= 0.3 is 0 Å². The molecule has 3 rings (SSSR count). The quantitative estimate of drug-likeness (QED) is 0.867. The van der Waals surface area contributed by atoms with Crippen LogP contribution >= 0.6 is 0 Å². The van der Waals surface area contributed by atoms with E-state index in [4.69, 9.17) is 4.74 Å². The fourth-order valence-electron chi connectivity index (χ4n) is 3.76. The van der Waals surface area contributed by atoms with Crippen molar-refractivity contribution in [2.45, 2.75) is 38.8 Å². The summed E-state index contributed by atoms with van der Waals surface area (Å²) in [6.45, 7) is 4.86. The molecular formula is C19H25N3O2. The van der Waals surface area contributed by atoms with E-state index in [1.165, 1.54) is 5.56 Å². The molecule has 1 aliphatic rings. The summed E-state index contributed by atoms with van der Waals surface area (Å²) < 4.78 is 7.45. The molecule has 1 aromatic carbocycles. The van der Waals surface area contributed by atoms with Gasteiger partial charge in [0.1, 0.15) is 0 Å². The molecule has 0 radical (unpaired) electrons. The molecule has 5 nitrogen and oxygen atoms in total. The molecule has 0 bridgehead atoms. The Bertz CT molecular complexity index is 724. The van der Waals surface area contributed by atoms with E-state index in [0.717, 1.165) is 36.3 Å². The predicted molar refractivity (Wildman–Crippen MR) is 92.6 cm³/mol. The van der Waals surface area contributed by atoms with Crippen LogP contribution in [0.25, 0.3) is 0 Å². The highest BCUT2D eigenvalue weighted by Gasteiger charge is 2.37. The van der Waals surface area contributed by atoms with Gasteiger partial charge in [0.15, 0.2) is 6.10 Å². The van der Waals surface area contributed by atoms with Crippen molar-refractivity contribution in [3.8, 4) is 0 Å². The number of amides is 1. The van der Waals surface area contributed by atoms with Crippen molar-refractivity contribution in [2.24, 2.45) is 7.05 Å². The van der Waals surface area contributed by atoms with E-state index in [0.29, 0.717) is 0 Å². The number of methoxy groups -OCH3 is 1. The zero-order valence-electron chi connectivity index (χ0n) is 14.8. The summed E-state index contributed by atoms with van der Waals surface area (Å²) in [7, 11) is 3.55. The van der Waals surface area contributed by atoms with E-state index in [1.54, 1.807) is 7.11 Å². The molecule has 1 aromatic heterocycles. The number of aromatic nitrogens is 2. The summed E-state index contributed by atoms with van der Waals surface area (Å²) >= 11 is 0. The Morgan fingerprint density at radius 3 is 2.58 bits per heavy atom. The summed E-state index contributed by atoms with van der Waals surface area (Å²) in [5, 5.41) is 4.52. The number of carbonyl (C=O) groups is 1. The second-order valence-corrected chi connectivity index (χ2v) is 6.42. The molecular weight excluding hydrogens is 302 g/mol. The molecule has 24 heavy (non-hydrogen) atoms. The van der Waals surface area contributed by atoms with Crippen molar-refractivity contribution in [3.63, 3.8) is 0 Å². The summed E-state index contributed by atoms with van der Waals surface area (Å²) in [5.41, 5.74) is 4.22. The predicted octanol–water partition coefficient (Wildman–Crippen LogP) is 3.09. The highest BCUT2D eigenvalue weighted by Crippen LogP contribution is 2.37. The average molecular weight is 327 g/mol. The van der Waals surface area contributed by atoms with Gasteiger partial charge in [-0.1, -0.05) is 30.3 Å². The van der Waals surface area contributed by atoms with E-state index in [9.17, 15) is 4.79 Å². The number of rotatable bonds is 4. The molecule has 0 aliphatic carbocycles. The largest absolute Gasteiger partial charge is 0.367 e. The fraction of sp³-hybridized carbons (Fsp3) is 0.474. The molecule has 1 aliphatic heterocycles. The third-order valence-electron chi connectivity index (χ3n) is 5.00. The van der Waals surface area contributed by atoms with Gasteiger partial charge in [-0.2, -0.15) is 5.10 Å². The molecule has 128 valence electrons. The standard InChI is InChI=1S/C19H25N3O2/c1-13-17(14(2)21(3)20-13)16-11-8-12-22(16)19(23)18(24-4)15-9-6-5-7-10-15/h5-7,9-10,16,18H,8,11-12H2,1-4H3. The number of carbonyl (C=O) groups excluding carboxylic acids is 1. The van der Waals surface area contributed by atoms with Crippen LogP contribution in [0, 0.1) is 13.8 Å². The maximum atomic E-state index is 13.2. The molecule has 5 heteroatoms. The SMILES string of the molecule is COC(C(=O)N1CCCC1c1c(C)nn(C)c1C)c1ccccc1. The normalized spacial score (nSPS) is 18.8. The Morgan fingerprint density at radius 1 is 1.29 bits per heavy atom.